The molecule has 4 rings (SSSR count). The van der Waals surface area contributed by atoms with E-state index in [1.165, 1.54) is 0 Å². The largest absolute Gasteiger partial charge is 0.304 e. The van der Waals surface area contributed by atoms with Crippen LogP contribution in [-0.4, -0.2) is 22.4 Å². The molecule has 0 saturated carbocycles. The molecule has 0 radical (unpaired) electrons. The van der Waals surface area contributed by atoms with Crippen molar-refractivity contribution < 1.29 is 18.0 Å². The first kappa shape index (κ1) is 19.1. The first-order chi connectivity index (χ1) is 14.0. The molecule has 0 aliphatic heterocycles. The number of aromatic nitrogens is 2. The Balaban J connectivity index is 1.69. The van der Waals surface area contributed by atoms with Gasteiger partial charge in [-0.25, -0.2) is 13.2 Å². The van der Waals surface area contributed by atoms with Crippen molar-refractivity contribution >= 4 is 34.4 Å². The van der Waals surface area contributed by atoms with E-state index in [-0.39, 0.29) is 5.82 Å². The Bertz CT molecular complexity index is 1240. The van der Waals surface area contributed by atoms with Crippen LogP contribution in [0.25, 0.3) is 22.0 Å². The predicted octanol–water partition coefficient (Wildman–Crippen LogP) is 5.62. The number of H-pyrrole nitrogens is 1. The normalized spacial score (nSPS) is 11.0. The van der Waals surface area contributed by atoms with Gasteiger partial charge in [-0.15, -0.1) is 11.8 Å². The Morgan fingerprint density at radius 2 is 1.79 bits per heavy atom. The minimum atomic E-state index is -1.54. The highest BCUT2D eigenvalue weighted by Gasteiger charge is 2.22. The summed E-state index contributed by atoms with van der Waals surface area (Å²) in [5, 5.41) is 9.72. The molecule has 1 heterocycles. The van der Waals surface area contributed by atoms with E-state index in [4.69, 9.17) is 0 Å². The number of aromatic amines is 1. The molecule has 1 amide bonds. The lowest BCUT2D eigenvalue weighted by molar-refractivity contribution is 0.101. The van der Waals surface area contributed by atoms with Gasteiger partial charge in [0.2, 0.25) is 0 Å². The molecule has 0 fully saturated rings. The van der Waals surface area contributed by atoms with E-state index in [1.807, 2.05) is 42.7 Å². The Morgan fingerprint density at radius 3 is 2.59 bits per heavy atom. The topological polar surface area (TPSA) is 57.8 Å². The molecule has 0 unspecified atom stereocenters. The molecule has 29 heavy (non-hydrogen) atoms. The molecule has 1 aromatic heterocycles. The van der Waals surface area contributed by atoms with E-state index < -0.39 is 28.9 Å². The summed E-state index contributed by atoms with van der Waals surface area (Å²) in [6, 6.07) is 14.7. The first-order valence-electron chi connectivity index (χ1n) is 8.56. The molecule has 0 aliphatic rings. The van der Waals surface area contributed by atoms with Gasteiger partial charge in [0, 0.05) is 10.3 Å². The van der Waals surface area contributed by atoms with E-state index in [0.29, 0.717) is 23.0 Å². The zero-order valence-corrected chi connectivity index (χ0v) is 15.9. The fraction of sp³-hybridized carbons (Fsp3) is 0.0476. The van der Waals surface area contributed by atoms with Crippen molar-refractivity contribution in [3.63, 3.8) is 0 Å². The van der Waals surface area contributed by atoms with Crippen molar-refractivity contribution in [2.45, 2.75) is 4.90 Å². The summed E-state index contributed by atoms with van der Waals surface area (Å²) in [5.41, 5.74) is 1.64. The Kier molecular flexibility index (Phi) is 5.02. The number of nitrogens with one attached hydrogen (secondary N) is 2. The molecule has 4 nitrogen and oxygen atoms in total. The highest BCUT2D eigenvalue weighted by Crippen LogP contribution is 2.33. The van der Waals surface area contributed by atoms with E-state index >= 15 is 0 Å². The van der Waals surface area contributed by atoms with Gasteiger partial charge in [0.1, 0.15) is 11.4 Å². The summed E-state index contributed by atoms with van der Waals surface area (Å²) in [6.45, 7) is 0. The van der Waals surface area contributed by atoms with Gasteiger partial charge in [-0.1, -0.05) is 24.3 Å². The molecule has 0 atom stereocenters. The number of carbonyl (C=O) groups excluding carboxylic acids is 1. The third-order valence-corrected chi connectivity index (χ3v) is 5.28. The van der Waals surface area contributed by atoms with E-state index in [2.05, 4.69) is 15.5 Å². The van der Waals surface area contributed by atoms with Crippen molar-refractivity contribution in [2.24, 2.45) is 0 Å². The molecule has 8 heteroatoms. The van der Waals surface area contributed by atoms with Crippen molar-refractivity contribution in [1.82, 2.24) is 10.2 Å². The number of carbonyl (C=O) groups is 1. The predicted molar refractivity (Wildman–Crippen MR) is 108 cm³/mol. The van der Waals surface area contributed by atoms with E-state index in [1.54, 1.807) is 17.8 Å². The van der Waals surface area contributed by atoms with E-state index in [9.17, 15) is 18.0 Å². The molecular formula is C21H14F3N3OS. The Labute approximate surface area is 168 Å². The number of thioether (sulfide) groups is 1. The Morgan fingerprint density at radius 1 is 1.03 bits per heavy atom. The molecule has 4 aromatic rings. The standard InChI is InChI=1S/C21H14F3N3OS/c1-29-17-5-3-2-4-12(17)11-6-7-13-16(10-11)26-27-20(13)25-21(28)18-14(22)8-9-15(23)19(18)24/h2-10H,1H3,(H2,25,26,27,28). The zero-order valence-electron chi connectivity index (χ0n) is 15.1. The summed E-state index contributed by atoms with van der Waals surface area (Å²) in [4.78, 5) is 13.4. The van der Waals surface area contributed by atoms with Gasteiger partial charge in [-0.2, -0.15) is 5.10 Å². The fourth-order valence-electron chi connectivity index (χ4n) is 3.07. The maximum absolute atomic E-state index is 13.9. The fourth-order valence-corrected chi connectivity index (χ4v) is 3.69. The van der Waals surface area contributed by atoms with Crippen molar-refractivity contribution in [3.8, 4) is 11.1 Å². The number of benzene rings is 3. The molecule has 0 aliphatic carbocycles. The van der Waals surface area contributed by atoms with Gasteiger partial charge in [0.25, 0.3) is 5.91 Å². The van der Waals surface area contributed by atoms with Gasteiger partial charge in [-0.05, 0) is 47.7 Å². The number of nitrogens with zero attached hydrogens (tertiary/aromatic N) is 1. The lowest BCUT2D eigenvalue weighted by atomic mass is 10.0. The van der Waals surface area contributed by atoms with Gasteiger partial charge >= 0.3 is 0 Å². The second-order valence-corrected chi connectivity index (χ2v) is 7.05. The molecule has 0 bridgehead atoms. The van der Waals surface area contributed by atoms with Crippen LogP contribution in [0, 0.1) is 17.5 Å². The van der Waals surface area contributed by atoms with Gasteiger partial charge in [-0.3, -0.25) is 9.89 Å². The summed E-state index contributed by atoms with van der Waals surface area (Å²) < 4.78 is 41.1. The second kappa shape index (κ2) is 7.63. The summed E-state index contributed by atoms with van der Waals surface area (Å²) in [5.74, 6) is -5.03. The number of hydrogen-bond acceptors (Lipinski definition) is 3. The molecule has 3 aromatic carbocycles. The molecule has 2 N–H and O–H groups in total. The number of hydrogen-bond donors (Lipinski definition) is 2. The van der Waals surface area contributed by atoms with Gasteiger partial charge in [0.15, 0.2) is 17.5 Å². The van der Waals surface area contributed by atoms with Crippen LogP contribution in [0.4, 0.5) is 19.0 Å². The van der Waals surface area contributed by atoms with Crippen LogP contribution in [0.2, 0.25) is 0 Å². The van der Waals surface area contributed by atoms with Crippen LogP contribution in [0.5, 0.6) is 0 Å². The molecular weight excluding hydrogens is 399 g/mol. The summed E-state index contributed by atoms with van der Waals surface area (Å²) >= 11 is 1.63. The smallest absolute Gasteiger partial charge is 0.262 e. The van der Waals surface area contributed by atoms with Crippen molar-refractivity contribution in [2.75, 3.05) is 11.6 Å². The quantitative estimate of drug-likeness (QED) is 0.337. The van der Waals surface area contributed by atoms with Crippen LogP contribution in [-0.2, 0) is 0 Å². The first-order valence-corrected chi connectivity index (χ1v) is 9.78. The SMILES string of the molecule is CSc1ccccc1-c1ccc2c(NC(=O)c3c(F)ccc(F)c3F)n[nH]c2c1. The van der Waals surface area contributed by atoms with Gasteiger partial charge in [0.05, 0.1) is 5.52 Å². The van der Waals surface area contributed by atoms with Crippen LogP contribution in [0.15, 0.2) is 59.5 Å². The third-order valence-electron chi connectivity index (χ3n) is 4.48. The minimum absolute atomic E-state index is 0.0952. The number of rotatable bonds is 4. The van der Waals surface area contributed by atoms with Crippen LogP contribution in [0.3, 0.4) is 0 Å². The highest BCUT2D eigenvalue weighted by molar-refractivity contribution is 7.98. The van der Waals surface area contributed by atoms with Crippen molar-refractivity contribution in [3.05, 3.63) is 77.6 Å². The molecule has 146 valence electrons. The monoisotopic (exact) mass is 413 g/mol. The summed E-state index contributed by atoms with van der Waals surface area (Å²) in [6.07, 6.45) is 1.99. The number of halogens is 3. The maximum Gasteiger partial charge on any atom is 0.262 e. The zero-order chi connectivity index (χ0) is 20.5. The third kappa shape index (κ3) is 3.47. The van der Waals surface area contributed by atoms with Crippen LogP contribution >= 0.6 is 11.8 Å². The average Bonchev–Trinajstić information content (AvgIpc) is 3.13. The van der Waals surface area contributed by atoms with Gasteiger partial charge < -0.3 is 5.32 Å². The Hall–Kier alpha value is -3.26. The highest BCUT2D eigenvalue weighted by atomic mass is 32.2. The van der Waals surface area contributed by atoms with Crippen LogP contribution in [0.1, 0.15) is 10.4 Å². The minimum Gasteiger partial charge on any atom is -0.304 e. The van der Waals surface area contributed by atoms with Crippen molar-refractivity contribution in [1.29, 1.82) is 0 Å². The van der Waals surface area contributed by atoms with Crippen LogP contribution < -0.4 is 5.32 Å². The lowest BCUT2D eigenvalue weighted by Gasteiger charge is -2.08. The molecule has 0 saturated heterocycles. The number of amides is 1. The average molecular weight is 413 g/mol. The molecule has 0 spiro atoms. The number of anilines is 1. The lowest BCUT2D eigenvalue weighted by Crippen LogP contribution is -2.17. The maximum atomic E-state index is 13.9. The summed E-state index contributed by atoms with van der Waals surface area (Å²) in [7, 11) is 0. The number of fused-ring (bicyclic) bond motifs is 1. The second-order valence-electron chi connectivity index (χ2n) is 6.21. The van der Waals surface area contributed by atoms with E-state index in [0.717, 1.165) is 16.0 Å².